The van der Waals surface area contributed by atoms with Crippen LogP contribution in [0.1, 0.15) is 22.5 Å². The second kappa shape index (κ2) is 11.0. The van der Waals surface area contributed by atoms with Gasteiger partial charge in [-0.25, -0.2) is 0 Å². The lowest BCUT2D eigenvalue weighted by Gasteiger charge is -2.30. The summed E-state index contributed by atoms with van der Waals surface area (Å²) < 4.78 is 19.6. The first-order valence-electron chi connectivity index (χ1n) is 11.8. The molecule has 0 amide bonds. The smallest absolute Gasteiger partial charge is 0.134 e. The number of β-amino-alcohol motifs (C(OH)–C–C–N with tert-alkyl or cyclic N) is 1. The summed E-state index contributed by atoms with van der Waals surface area (Å²) in [6, 6.07) is 18.1. The lowest BCUT2D eigenvalue weighted by molar-refractivity contribution is -0.0646. The standard InChI is InChI=1S/C27H35N3O4/c1-21-7-9-25(10-8-21)34-20-27(31)18-29(11-13-32-19-27)17-24-5-4-6-26(16-24)33-14-12-30-23(3)15-22(2)28-30/h4-10,15-16,31H,11-14,17-20H2,1-3H3/t27-/m1/s1. The van der Waals surface area contributed by atoms with E-state index >= 15 is 0 Å². The van der Waals surface area contributed by atoms with Crippen molar-refractivity contribution < 1.29 is 19.3 Å². The maximum atomic E-state index is 11.2. The molecule has 4 rings (SSSR count). The fourth-order valence-corrected chi connectivity index (χ4v) is 4.21. The van der Waals surface area contributed by atoms with Crippen molar-refractivity contribution in [3.05, 3.63) is 77.1 Å². The van der Waals surface area contributed by atoms with E-state index in [1.807, 2.05) is 54.9 Å². The molecule has 1 atom stereocenters. The molecule has 34 heavy (non-hydrogen) atoms. The van der Waals surface area contributed by atoms with Gasteiger partial charge in [-0.1, -0.05) is 29.8 Å². The quantitative estimate of drug-likeness (QED) is 0.522. The van der Waals surface area contributed by atoms with E-state index in [2.05, 4.69) is 35.1 Å². The highest BCUT2D eigenvalue weighted by Crippen LogP contribution is 2.20. The minimum atomic E-state index is -1.07. The topological polar surface area (TPSA) is 69.0 Å². The number of benzene rings is 2. The van der Waals surface area contributed by atoms with Gasteiger partial charge in [0, 0.05) is 25.3 Å². The number of rotatable bonds is 9. The Balaban J connectivity index is 1.31. The molecule has 1 aliphatic rings. The molecule has 7 heteroatoms. The fourth-order valence-electron chi connectivity index (χ4n) is 4.21. The molecule has 2 heterocycles. The summed E-state index contributed by atoms with van der Waals surface area (Å²) in [5.74, 6) is 1.59. The van der Waals surface area contributed by atoms with Gasteiger partial charge in [-0.15, -0.1) is 0 Å². The molecule has 1 fully saturated rings. The minimum absolute atomic E-state index is 0.183. The number of hydrogen-bond donors (Lipinski definition) is 1. The molecule has 3 aromatic rings. The van der Waals surface area contributed by atoms with Crippen molar-refractivity contribution in [2.45, 2.75) is 39.5 Å². The molecule has 0 aliphatic carbocycles. The molecule has 1 aliphatic heterocycles. The maximum absolute atomic E-state index is 11.2. The van der Waals surface area contributed by atoms with Crippen molar-refractivity contribution in [1.29, 1.82) is 0 Å². The summed E-state index contributed by atoms with van der Waals surface area (Å²) in [6.07, 6.45) is 0. The number of aromatic nitrogens is 2. The molecule has 1 N–H and O–H groups in total. The van der Waals surface area contributed by atoms with Gasteiger partial charge in [0.25, 0.3) is 0 Å². The van der Waals surface area contributed by atoms with Crippen LogP contribution in [0.3, 0.4) is 0 Å². The fraction of sp³-hybridized carbons (Fsp3) is 0.444. The first kappa shape index (κ1) is 24.3. The first-order valence-corrected chi connectivity index (χ1v) is 11.8. The Morgan fingerprint density at radius 2 is 1.85 bits per heavy atom. The van der Waals surface area contributed by atoms with Crippen LogP contribution in [0, 0.1) is 20.8 Å². The van der Waals surface area contributed by atoms with Gasteiger partial charge < -0.3 is 19.3 Å². The predicted molar refractivity (Wildman–Crippen MR) is 131 cm³/mol. The van der Waals surface area contributed by atoms with Crippen molar-refractivity contribution in [1.82, 2.24) is 14.7 Å². The van der Waals surface area contributed by atoms with Gasteiger partial charge in [0.05, 0.1) is 25.5 Å². The van der Waals surface area contributed by atoms with E-state index in [1.165, 1.54) is 5.56 Å². The summed E-state index contributed by atoms with van der Waals surface area (Å²) >= 11 is 0. The van der Waals surface area contributed by atoms with Crippen LogP contribution in [0.5, 0.6) is 11.5 Å². The van der Waals surface area contributed by atoms with E-state index in [-0.39, 0.29) is 13.2 Å². The van der Waals surface area contributed by atoms with Crippen molar-refractivity contribution in [3.8, 4) is 11.5 Å². The number of hydrogen-bond acceptors (Lipinski definition) is 6. The number of ether oxygens (including phenoxy) is 3. The Morgan fingerprint density at radius 3 is 2.62 bits per heavy atom. The van der Waals surface area contributed by atoms with Crippen LogP contribution in [0.2, 0.25) is 0 Å². The van der Waals surface area contributed by atoms with Gasteiger partial charge in [0.15, 0.2) is 0 Å². The van der Waals surface area contributed by atoms with Gasteiger partial charge in [0.2, 0.25) is 0 Å². The summed E-state index contributed by atoms with van der Waals surface area (Å²) in [7, 11) is 0. The van der Waals surface area contributed by atoms with Crippen LogP contribution in [0.15, 0.2) is 54.6 Å². The van der Waals surface area contributed by atoms with Crippen LogP contribution in [-0.4, -0.2) is 64.9 Å². The summed E-state index contributed by atoms with van der Waals surface area (Å²) in [4.78, 5) is 2.21. The zero-order chi connectivity index (χ0) is 24.0. The number of nitrogens with zero attached hydrogens (tertiary/aromatic N) is 3. The van der Waals surface area contributed by atoms with Gasteiger partial charge in [-0.3, -0.25) is 9.58 Å². The SMILES string of the molecule is Cc1ccc(OC[C@]2(O)COCCN(Cc3cccc(OCCn4nc(C)cc4C)c3)C2)cc1. The summed E-state index contributed by atoms with van der Waals surface area (Å²) in [5, 5.41) is 15.7. The molecule has 7 nitrogen and oxygen atoms in total. The highest BCUT2D eigenvalue weighted by molar-refractivity contribution is 5.29. The molecule has 0 spiro atoms. The van der Waals surface area contributed by atoms with E-state index in [0.717, 1.165) is 35.0 Å². The Morgan fingerprint density at radius 1 is 1.03 bits per heavy atom. The second-order valence-electron chi connectivity index (χ2n) is 9.24. The van der Waals surface area contributed by atoms with Crippen molar-refractivity contribution in [3.63, 3.8) is 0 Å². The number of aliphatic hydroxyl groups is 1. The van der Waals surface area contributed by atoms with Crippen molar-refractivity contribution in [2.24, 2.45) is 0 Å². The Hall–Kier alpha value is -2.87. The lowest BCUT2D eigenvalue weighted by Crippen LogP contribution is -2.48. The van der Waals surface area contributed by atoms with Crippen LogP contribution >= 0.6 is 0 Å². The first-order chi connectivity index (χ1) is 16.4. The van der Waals surface area contributed by atoms with Gasteiger partial charge in [-0.05, 0) is 56.7 Å². The monoisotopic (exact) mass is 465 g/mol. The zero-order valence-corrected chi connectivity index (χ0v) is 20.4. The van der Waals surface area contributed by atoms with Crippen LogP contribution in [-0.2, 0) is 17.8 Å². The second-order valence-corrected chi connectivity index (χ2v) is 9.24. The van der Waals surface area contributed by atoms with Gasteiger partial charge >= 0.3 is 0 Å². The molecular formula is C27H35N3O4. The molecule has 2 aromatic carbocycles. The highest BCUT2D eigenvalue weighted by Gasteiger charge is 2.33. The van der Waals surface area contributed by atoms with E-state index in [4.69, 9.17) is 14.2 Å². The van der Waals surface area contributed by atoms with Crippen molar-refractivity contribution >= 4 is 0 Å². The minimum Gasteiger partial charge on any atom is -0.492 e. The average molecular weight is 466 g/mol. The normalized spacial score (nSPS) is 19.1. The molecule has 0 unspecified atom stereocenters. The molecule has 182 valence electrons. The Labute approximate surface area is 201 Å². The van der Waals surface area contributed by atoms with Crippen molar-refractivity contribution in [2.75, 3.05) is 39.5 Å². The maximum Gasteiger partial charge on any atom is 0.134 e. The largest absolute Gasteiger partial charge is 0.492 e. The molecule has 0 radical (unpaired) electrons. The molecular weight excluding hydrogens is 430 g/mol. The van der Waals surface area contributed by atoms with Crippen LogP contribution in [0.25, 0.3) is 0 Å². The zero-order valence-electron chi connectivity index (χ0n) is 20.4. The van der Waals surface area contributed by atoms with E-state index in [9.17, 15) is 5.11 Å². The Bertz CT molecular complexity index is 1070. The molecule has 0 saturated carbocycles. The predicted octanol–water partition coefficient (Wildman–Crippen LogP) is 3.53. The Kier molecular flexibility index (Phi) is 7.88. The summed E-state index contributed by atoms with van der Waals surface area (Å²) in [5.41, 5.74) is 3.39. The molecule has 0 bridgehead atoms. The van der Waals surface area contributed by atoms with Crippen LogP contribution < -0.4 is 9.47 Å². The third-order valence-electron chi connectivity index (χ3n) is 5.95. The van der Waals surface area contributed by atoms with Gasteiger partial charge in [-0.2, -0.15) is 5.10 Å². The van der Waals surface area contributed by atoms with E-state index in [0.29, 0.717) is 32.8 Å². The van der Waals surface area contributed by atoms with E-state index in [1.54, 1.807) is 0 Å². The third kappa shape index (κ3) is 6.82. The number of aryl methyl sites for hydroxylation is 3. The van der Waals surface area contributed by atoms with Gasteiger partial charge in [0.1, 0.15) is 30.3 Å². The molecule has 1 aromatic heterocycles. The summed E-state index contributed by atoms with van der Waals surface area (Å²) in [6.45, 7) is 10.3. The highest BCUT2D eigenvalue weighted by atomic mass is 16.5. The average Bonchev–Trinajstić information content (AvgIpc) is 3.01. The lowest BCUT2D eigenvalue weighted by atomic mass is 10.1. The molecule has 1 saturated heterocycles. The third-order valence-corrected chi connectivity index (χ3v) is 5.95. The van der Waals surface area contributed by atoms with Crippen LogP contribution in [0.4, 0.5) is 0 Å². The van der Waals surface area contributed by atoms with E-state index < -0.39 is 5.60 Å².